The minimum atomic E-state index is -0.651. The predicted octanol–water partition coefficient (Wildman–Crippen LogP) is 0.993. The maximum atomic E-state index is 13.0. The Kier molecular flexibility index (Phi) is 6.98. The number of piperazine rings is 1. The normalized spacial score (nSPS) is 14.7. The SMILES string of the molecule is CC(=O)c1ccc(N2CCN(CC(=O)c3c(N)n(CC(C)C)c(=O)n(C)c3=O)CC2)cc1. The summed E-state index contributed by atoms with van der Waals surface area (Å²) in [5.74, 6) is -0.265. The third-order valence-corrected chi connectivity index (χ3v) is 5.79. The molecule has 0 aliphatic carbocycles. The Bertz CT molecular complexity index is 1120. The molecule has 2 aromatic rings. The maximum Gasteiger partial charge on any atom is 0.332 e. The van der Waals surface area contributed by atoms with Gasteiger partial charge in [-0.2, -0.15) is 0 Å². The smallest absolute Gasteiger partial charge is 0.332 e. The third kappa shape index (κ3) is 4.83. The van der Waals surface area contributed by atoms with E-state index in [0.29, 0.717) is 38.3 Å². The molecule has 9 nitrogen and oxygen atoms in total. The van der Waals surface area contributed by atoms with Crippen LogP contribution in [0.25, 0.3) is 0 Å². The number of carbonyl (C=O) groups excluding carboxylic acids is 2. The average molecular weight is 442 g/mol. The number of nitrogens with zero attached hydrogens (tertiary/aromatic N) is 4. The molecule has 0 unspecified atom stereocenters. The van der Waals surface area contributed by atoms with Crippen LogP contribution in [-0.4, -0.2) is 58.3 Å². The molecule has 0 bridgehead atoms. The number of nitrogen functional groups attached to an aromatic ring is 1. The molecule has 0 radical (unpaired) electrons. The van der Waals surface area contributed by atoms with Crippen molar-refractivity contribution in [2.24, 2.45) is 13.0 Å². The van der Waals surface area contributed by atoms with Crippen molar-refractivity contribution in [2.75, 3.05) is 43.4 Å². The van der Waals surface area contributed by atoms with Gasteiger partial charge in [0.15, 0.2) is 11.6 Å². The van der Waals surface area contributed by atoms with E-state index in [-0.39, 0.29) is 35.4 Å². The standard InChI is InChI=1S/C23H31N5O4/c1-15(2)13-28-21(24)20(22(31)25(4)23(28)32)19(30)14-26-9-11-27(12-10-26)18-7-5-17(6-8-18)16(3)29/h5-8,15H,9-14,24H2,1-4H3. The minimum absolute atomic E-state index is 0.0324. The van der Waals surface area contributed by atoms with Gasteiger partial charge in [-0.15, -0.1) is 0 Å². The summed E-state index contributed by atoms with van der Waals surface area (Å²) in [4.78, 5) is 53.7. The van der Waals surface area contributed by atoms with Gasteiger partial charge in [0.25, 0.3) is 5.56 Å². The molecular weight excluding hydrogens is 410 g/mol. The summed E-state index contributed by atoms with van der Waals surface area (Å²) in [5.41, 5.74) is 6.54. The minimum Gasteiger partial charge on any atom is -0.384 e. The van der Waals surface area contributed by atoms with E-state index in [1.165, 1.54) is 11.6 Å². The molecule has 0 atom stereocenters. The number of rotatable bonds is 7. The monoisotopic (exact) mass is 441 g/mol. The van der Waals surface area contributed by atoms with Crippen LogP contribution in [0.4, 0.5) is 11.5 Å². The van der Waals surface area contributed by atoms with Gasteiger partial charge < -0.3 is 10.6 Å². The number of anilines is 2. The van der Waals surface area contributed by atoms with Crippen LogP contribution in [0.15, 0.2) is 33.9 Å². The van der Waals surface area contributed by atoms with Crippen molar-refractivity contribution in [1.29, 1.82) is 0 Å². The second-order valence-corrected chi connectivity index (χ2v) is 8.70. The molecule has 3 rings (SSSR count). The Balaban J connectivity index is 1.71. The van der Waals surface area contributed by atoms with Crippen molar-refractivity contribution in [3.8, 4) is 0 Å². The van der Waals surface area contributed by atoms with Gasteiger partial charge in [0.1, 0.15) is 11.4 Å². The van der Waals surface area contributed by atoms with E-state index in [9.17, 15) is 19.2 Å². The second-order valence-electron chi connectivity index (χ2n) is 8.70. The van der Waals surface area contributed by atoms with E-state index < -0.39 is 11.2 Å². The highest BCUT2D eigenvalue weighted by Gasteiger charge is 2.25. The summed E-state index contributed by atoms with van der Waals surface area (Å²) >= 11 is 0. The van der Waals surface area contributed by atoms with Crippen LogP contribution in [0.5, 0.6) is 0 Å². The molecule has 2 heterocycles. The van der Waals surface area contributed by atoms with Crippen LogP contribution in [-0.2, 0) is 13.6 Å². The van der Waals surface area contributed by atoms with Crippen LogP contribution in [0, 0.1) is 5.92 Å². The van der Waals surface area contributed by atoms with Gasteiger partial charge in [-0.3, -0.25) is 28.4 Å². The van der Waals surface area contributed by atoms with E-state index in [1.54, 1.807) is 6.92 Å². The van der Waals surface area contributed by atoms with Gasteiger partial charge in [0.05, 0.1) is 6.54 Å². The van der Waals surface area contributed by atoms with Crippen molar-refractivity contribution in [1.82, 2.24) is 14.0 Å². The fourth-order valence-corrected chi connectivity index (χ4v) is 3.94. The van der Waals surface area contributed by atoms with Gasteiger partial charge in [-0.1, -0.05) is 13.8 Å². The van der Waals surface area contributed by atoms with Crippen molar-refractivity contribution >= 4 is 23.1 Å². The zero-order chi connectivity index (χ0) is 23.6. The van der Waals surface area contributed by atoms with Gasteiger partial charge in [0, 0.05) is 51.0 Å². The van der Waals surface area contributed by atoms with E-state index in [1.807, 2.05) is 43.0 Å². The first-order valence-corrected chi connectivity index (χ1v) is 10.8. The lowest BCUT2D eigenvalue weighted by Gasteiger charge is -2.35. The van der Waals surface area contributed by atoms with Crippen LogP contribution in [0.3, 0.4) is 0 Å². The van der Waals surface area contributed by atoms with Crippen LogP contribution in [0.1, 0.15) is 41.5 Å². The third-order valence-electron chi connectivity index (χ3n) is 5.79. The highest BCUT2D eigenvalue weighted by atomic mass is 16.2. The van der Waals surface area contributed by atoms with Crippen molar-refractivity contribution < 1.29 is 9.59 Å². The van der Waals surface area contributed by atoms with E-state index >= 15 is 0 Å². The fraction of sp³-hybridized carbons (Fsp3) is 0.478. The second kappa shape index (κ2) is 9.52. The number of hydrogen-bond acceptors (Lipinski definition) is 7. The quantitative estimate of drug-likeness (QED) is 0.638. The largest absolute Gasteiger partial charge is 0.384 e. The van der Waals surface area contributed by atoms with Crippen molar-refractivity contribution in [2.45, 2.75) is 27.3 Å². The molecule has 1 saturated heterocycles. The Morgan fingerprint density at radius 1 is 1.03 bits per heavy atom. The highest BCUT2D eigenvalue weighted by molar-refractivity contribution is 6.01. The molecular formula is C23H31N5O4. The summed E-state index contributed by atoms with van der Waals surface area (Å²) in [5, 5.41) is 0. The van der Waals surface area contributed by atoms with Gasteiger partial charge >= 0.3 is 5.69 Å². The number of Topliss-reactive ketones (excluding diaryl/α,β-unsaturated/α-hetero) is 2. The summed E-state index contributed by atoms with van der Waals surface area (Å²) in [7, 11) is 1.37. The average Bonchev–Trinajstić information content (AvgIpc) is 2.76. The summed E-state index contributed by atoms with van der Waals surface area (Å²) in [6, 6.07) is 7.50. The first-order chi connectivity index (χ1) is 15.1. The first kappa shape index (κ1) is 23.5. The molecule has 1 aromatic carbocycles. The van der Waals surface area contributed by atoms with Crippen LogP contribution < -0.4 is 21.9 Å². The number of benzene rings is 1. The lowest BCUT2D eigenvalue weighted by molar-refractivity contribution is 0.0923. The van der Waals surface area contributed by atoms with E-state index in [2.05, 4.69) is 4.90 Å². The maximum absolute atomic E-state index is 13.0. The molecule has 0 spiro atoms. The van der Waals surface area contributed by atoms with Crippen molar-refractivity contribution in [3.63, 3.8) is 0 Å². The lowest BCUT2D eigenvalue weighted by atomic mass is 10.1. The summed E-state index contributed by atoms with van der Waals surface area (Å²) in [6.07, 6.45) is 0. The number of nitrogens with two attached hydrogens (primary N) is 1. The van der Waals surface area contributed by atoms with E-state index in [0.717, 1.165) is 10.3 Å². The first-order valence-electron chi connectivity index (χ1n) is 10.8. The zero-order valence-electron chi connectivity index (χ0n) is 19.1. The molecule has 1 aromatic heterocycles. The predicted molar refractivity (Wildman–Crippen MR) is 125 cm³/mol. The van der Waals surface area contributed by atoms with Gasteiger partial charge in [-0.25, -0.2) is 4.79 Å². The molecule has 1 fully saturated rings. The molecule has 0 saturated carbocycles. The van der Waals surface area contributed by atoms with Crippen LogP contribution >= 0.6 is 0 Å². The molecule has 2 N–H and O–H groups in total. The number of carbonyl (C=O) groups is 2. The van der Waals surface area contributed by atoms with Crippen molar-refractivity contribution in [3.05, 3.63) is 56.2 Å². The highest BCUT2D eigenvalue weighted by Crippen LogP contribution is 2.18. The molecule has 9 heteroatoms. The Hall–Kier alpha value is -3.20. The molecule has 172 valence electrons. The van der Waals surface area contributed by atoms with Gasteiger partial charge in [0.2, 0.25) is 0 Å². The number of ketones is 2. The van der Waals surface area contributed by atoms with Gasteiger partial charge in [-0.05, 0) is 37.1 Å². The summed E-state index contributed by atoms with van der Waals surface area (Å²) < 4.78 is 2.26. The van der Waals surface area contributed by atoms with Crippen LogP contribution in [0.2, 0.25) is 0 Å². The molecule has 0 amide bonds. The molecule has 1 aliphatic rings. The Morgan fingerprint density at radius 2 is 1.62 bits per heavy atom. The number of aromatic nitrogens is 2. The Morgan fingerprint density at radius 3 is 2.16 bits per heavy atom. The topological polar surface area (TPSA) is 111 Å². The molecule has 1 aliphatic heterocycles. The zero-order valence-corrected chi connectivity index (χ0v) is 19.1. The Labute approximate surface area is 187 Å². The fourth-order valence-electron chi connectivity index (χ4n) is 3.94. The lowest BCUT2D eigenvalue weighted by Crippen LogP contribution is -2.49. The summed E-state index contributed by atoms with van der Waals surface area (Å²) in [6.45, 7) is 8.53. The van der Waals surface area contributed by atoms with E-state index in [4.69, 9.17) is 5.73 Å². The molecule has 32 heavy (non-hydrogen) atoms. The number of hydrogen-bond donors (Lipinski definition) is 1.